The minimum absolute atomic E-state index is 0.0281. The van der Waals surface area contributed by atoms with Crippen molar-refractivity contribution in [3.8, 4) is 0 Å². The van der Waals surface area contributed by atoms with Crippen molar-refractivity contribution < 1.29 is 14.8 Å². The van der Waals surface area contributed by atoms with Crippen LogP contribution in [0.3, 0.4) is 0 Å². The Morgan fingerprint density at radius 1 is 1.70 bits per heavy atom. The molecule has 0 bridgehead atoms. The molecule has 2 rings (SSSR count). The van der Waals surface area contributed by atoms with Crippen LogP contribution in [-0.4, -0.2) is 29.0 Å². The Balaban J connectivity index is 2.34. The van der Waals surface area contributed by atoms with Gasteiger partial charge in [-0.1, -0.05) is 0 Å². The fourth-order valence-corrected chi connectivity index (χ4v) is 3.38. The molecule has 2 atom stereocenters. The molecule has 1 fully saturated rings. The van der Waals surface area contributed by atoms with Gasteiger partial charge in [-0.15, -0.1) is 11.3 Å². The zero-order chi connectivity index (χ0) is 15.1. The van der Waals surface area contributed by atoms with Gasteiger partial charge < -0.3 is 15.7 Å². The molecule has 1 amide bonds. The van der Waals surface area contributed by atoms with Crippen molar-refractivity contribution in [2.75, 3.05) is 18.0 Å². The van der Waals surface area contributed by atoms with Crippen LogP contribution in [0, 0.1) is 15.5 Å². The molecule has 0 radical (unpaired) electrons. The van der Waals surface area contributed by atoms with Gasteiger partial charge in [-0.25, -0.2) is 0 Å². The van der Waals surface area contributed by atoms with E-state index in [1.807, 2.05) is 0 Å². The van der Waals surface area contributed by atoms with Gasteiger partial charge in [-0.05, 0) is 20.3 Å². The van der Waals surface area contributed by atoms with Gasteiger partial charge in [0.2, 0.25) is 5.91 Å². The van der Waals surface area contributed by atoms with Gasteiger partial charge in [-0.3, -0.25) is 14.9 Å². The van der Waals surface area contributed by atoms with Crippen LogP contribution in [-0.2, 0) is 4.79 Å². The topological polar surface area (TPSA) is 110 Å². The quantitative estimate of drug-likeness (QED) is 0.645. The number of nitrogens with two attached hydrogens (primary N) is 1. The van der Waals surface area contributed by atoms with Gasteiger partial charge in [0.25, 0.3) is 0 Å². The van der Waals surface area contributed by atoms with Crippen LogP contribution in [0.2, 0.25) is 0 Å². The first kappa shape index (κ1) is 14.7. The number of amides is 1. The Kier molecular flexibility index (Phi) is 3.70. The Hall–Kier alpha value is -1.67. The van der Waals surface area contributed by atoms with E-state index in [2.05, 4.69) is 0 Å². The van der Waals surface area contributed by atoms with E-state index in [1.54, 1.807) is 18.7 Å². The Bertz CT molecular complexity index is 557. The molecule has 1 aromatic rings. The highest BCUT2D eigenvalue weighted by Gasteiger charge is 2.41. The first-order valence-corrected chi connectivity index (χ1v) is 7.07. The van der Waals surface area contributed by atoms with Crippen LogP contribution in [0.15, 0.2) is 6.07 Å². The molecular weight excluding hydrogens is 282 g/mol. The Labute approximate surface area is 120 Å². The van der Waals surface area contributed by atoms with Crippen LogP contribution in [0.4, 0.5) is 10.7 Å². The van der Waals surface area contributed by atoms with Gasteiger partial charge in [0.15, 0.2) is 5.00 Å². The SMILES string of the molecule is C[C@H](O)c1cc([N+](=O)[O-])c(N2CCC(C)(C(N)=O)C2)s1. The summed E-state index contributed by atoms with van der Waals surface area (Å²) < 4.78 is 0. The minimum Gasteiger partial charge on any atom is -0.388 e. The van der Waals surface area contributed by atoms with Gasteiger partial charge >= 0.3 is 5.69 Å². The van der Waals surface area contributed by atoms with Crippen molar-refractivity contribution in [2.24, 2.45) is 11.1 Å². The predicted octanol–water partition coefficient (Wildman–Crippen LogP) is 1.41. The van der Waals surface area contributed by atoms with Crippen LogP contribution >= 0.6 is 11.3 Å². The summed E-state index contributed by atoms with van der Waals surface area (Å²) in [7, 11) is 0. The second kappa shape index (κ2) is 5.02. The Morgan fingerprint density at radius 2 is 2.35 bits per heavy atom. The van der Waals surface area contributed by atoms with E-state index in [4.69, 9.17) is 5.73 Å². The molecule has 1 aromatic heterocycles. The zero-order valence-corrected chi connectivity index (χ0v) is 12.1. The van der Waals surface area contributed by atoms with E-state index in [0.29, 0.717) is 29.4 Å². The van der Waals surface area contributed by atoms with Crippen LogP contribution < -0.4 is 10.6 Å². The number of carbonyl (C=O) groups excluding carboxylic acids is 1. The number of hydrogen-bond donors (Lipinski definition) is 2. The number of hydrogen-bond acceptors (Lipinski definition) is 6. The van der Waals surface area contributed by atoms with E-state index in [1.165, 1.54) is 17.4 Å². The van der Waals surface area contributed by atoms with E-state index < -0.39 is 22.3 Å². The van der Waals surface area contributed by atoms with E-state index in [9.17, 15) is 20.0 Å². The van der Waals surface area contributed by atoms with E-state index in [0.717, 1.165) is 0 Å². The highest BCUT2D eigenvalue weighted by atomic mass is 32.1. The molecule has 0 aliphatic carbocycles. The standard InChI is InChI=1S/C12H17N3O4S/c1-7(16)9-5-8(15(18)19)10(20-9)14-4-3-12(2,6-14)11(13)17/h5,7,16H,3-4,6H2,1-2H3,(H2,13,17)/t7-,12?/m0/s1. The molecular formula is C12H17N3O4S. The van der Waals surface area contributed by atoms with Crippen molar-refractivity contribution in [2.45, 2.75) is 26.4 Å². The lowest BCUT2D eigenvalue weighted by Crippen LogP contribution is -2.37. The molecule has 0 saturated carbocycles. The third-order valence-corrected chi connectivity index (χ3v) is 5.03. The Morgan fingerprint density at radius 3 is 2.80 bits per heavy atom. The van der Waals surface area contributed by atoms with Crippen LogP contribution in [0.1, 0.15) is 31.2 Å². The number of anilines is 1. The maximum atomic E-state index is 11.5. The maximum absolute atomic E-state index is 11.5. The maximum Gasteiger partial charge on any atom is 0.304 e. The van der Waals surface area contributed by atoms with Gasteiger partial charge in [0, 0.05) is 24.0 Å². The number of nitro groups is 1. The molecule has 0 aromatic carbocycles. The first-order chi connectivity index (χ1) is 9.24. The van der Waals surface area contributed by atoms with Crippen LogP contribution in [0.5, 0.6) is 0 Å². The number of carbonyl (C=O) groups is 1. The highest BCUT2D eigenvalue weighted by Crippen LogP contribution is 2.44. The summed E-state index contributed by atoms with van der Waals surface area (Å²) in [4.78, 5) is 24.5. The minimum atomic E-state index is -0.752. The second-order valence-electron chi connectivity index (χ2n) is 5.37. The summed E-state index contributed by atoms with van der Waals surface area (Å²) in [6.07, 6.45) is -0.181. The van der Waals surface area contributed by atoms with Gasteiger partial charge in [0.1, 0.15) is 0 Å². The summed E-state index contributed by atoms with van der Waals surface area (Å²) in [6.45, 7) is 4.24. The van der Waals surface area contributed by atoms with E-state index in [-0.39, 0.29) is 5.69 Å². The van der Waals surface area contributed by atoms with Crippen LogP contribution in [0.25, 0.3) is 0 Å². The second-order valence-corrected chi connectivity index (χ2v) is 6.43. The molecule has 1 aliphatic rings. The van der Waals surface area contributed by atoms with Gasteiger partial charge in [-0.2, -0.15) is 0 Å². The molecule has 2 heterocycles. The third-order valence-electron chi connectivity index (χ3n) is 3.68. The lowest BCUT2D eigenvalue weighted by molar-refractivity contribution is -0.383. The van der Waals surface area contributed by atoms with Gasteiger partial charge in [0.05, 0.1) is 16.4 Å². The number of aliphatic hydroxyl groups excluding tert-OH is 1. The summed E-state index contributed by atoms with van der Waals surface area (Å²) in [5.41, 5.74) is 4.70. The number of thiophene rings is 1. The first-order valence-electron chi connectivity index (χ1n) is 6.25. The molecule has 3 N–H and O–H groups in total. The molecule has 7 nitrogen and oxygen atoms in total. The average molecular weight is 299 g/mol. The third kappa shape index (κ3) is 2.48. The zero-order valence-electron chi connectivity index (χ0n) is 11.3. The van der Waals surface area contributed by atoms with E-state index >= 15 is 0 Å². The lowest BCUT2D eigenvalue weighted by Gasteiger charge is -2.20. The fourth-order valence-electron chi connectivity index (χ4n) is 2.29. The van der Waals surface area contributed by atoms with Crippen molar-refractivity contribution >= 4 is 27.9 Å². The molecule has 0 spiro atoms. The molecule has 1 unspecified atom stereocenters. The average Bonchev–Trinajstić information content (AvgIpc) is 2.93. The van der Waals surface area contributed by atoms with Crippen molar-refractivity contribution in [3.63, 3.8) is 0 Å². The molecule has 110 valence electrons. The largest absolute Gasteiger partial charge is 0.388 e. The molecule has 20 heavy (non-hydrogen) atoms. The predicted molar refractivity (Wildman–Crippen MR) is 75.7 cm³/mol. The molecule has 8 heteroatoms. The molecule has 1 saturated heterocycles. The smallest absolute Gasteiger partial charge is 0.304 e. The highest BCUT2D eigenvalue weighted by molar-refractivity contribution is 7.16. The number of aliphatic hydroxyl groups is 1. The summed E-state index contributed by atoms with van der Waals surface area (Å²) >= 11 is 1.19. The molecule has 1 aliphatic heterocycles. The summed E-state index contributed by atoms with van der Waals surface area (Å²) in [5, 5.41) is 21.2. The van der Waals surface area contributed by atoms with Crippen molar-refractivity contribution in [3.05, 3.63) is 21.1 Å². The monoisotopic (exact) mass is 299 g/mol. The number of rotatable bonds is 4. The fraction of sp³-hybridized carbons (Fsp3) is 0.583. The normalized spacial score (nSPS) is 23.9. The number of nitrogens with zero attached hydrogens (tertiary/aromatic N) is 2. The summed E-state index contributed by atoms with van der Waals surface area (Å²) in [6, 6.07) is 1.39. The van der Waals surface area contributed by atoms with Crippen molar-refractivity contribution in [1.29, 1.82) is 0 Å². The van der Waals surface area contributed by atoms with Crippen molar-refractivity contribution in [1.82, 2.24) is 0 Å². The number of primary amides is 1. The lowest BCUT2D eigenvalue weighted by atomic mass is 9.89. The summed E-state index contributed by atoms with van der Waals surface area (Å²) in [5.74, 6) is -0.394.